The molecule has 0 spiro atoms. The second-order valence-electron chi connectivity index (χ2n) is 7.22. The molecule has 0 bridgehead atoms. The van der Waals surface area contributed by atoms with Crippen LogP contribution in [0.2, 0.25) is 0 Å². The minimum absolute atomic E-state index is 0.0885. The molecule has 0 saturated heterocycles. The molecule has 0 aliphatic rings. The van der Waals surface area contributed by atoms with Gasteiger partial charge in [-0.25, -0.2) is 9.78 Å². The van der Waals surface area contributed by atoms with E-state index in [4.69, 9.17) is 0 Å². The van der Waals surface area contributed by atoms with Crippen LogP contribution >= 0.6 is 11.3 Å². The van der Waals surface area contributed by atoms with Gasteiger partial charge in [0.05, 0.1) is 16.3 Å². The first-order valence-electron chi connectivity index (χ1n) is 9.38. The highest BCUT2D eigenvalue weighted by Crippen LogP contribution is 2.29. The normalized spacial score (nSPS) is 12.4. The number of fused-ring (bicyclic) bond motifs is 2. The Balaban J connectivity index is 1.44. The van der Waals surface area contributed by atoms with Crippen LogP contribution in [0.25, 0.3) is 21.1 Å². The number of hydrogen-bond acceptors (Lipinski definition) is 3. The standard InChI is InChI=1S/C22H24N4OS/c1-13-14(2)24-18-10-9-16(11-17(13)18)12-23-22(27)26(4)15(3)21-25-19-7-5-6-8-20(19)28-21/h5-11,15,24H,12H2,1-4H3,(H,23,27)/t15-/m1/s1. The minimum Gasteiger partial charge on any atom is -0.358 e. The number of para-hydroxylation sites is 1. The number of thiazole rings is 1. The van der Waals surface area contributed by atoms with E-state index in [1.807, 2.05) is 32.2 Å². The number of carbonyl (C=O) groups is 1. The van der Waals surface area contributed by atoms with Crippen molar-refractivity contribution in [2.45, 2.75) is 33.4 Å². The number of hydrogen-bond donors (Lipinski definition) is 2. The quantitative estimate of drug-likeness (QED) is 0.495. The molecule has 4 rings (SSSR count). The average molecular weight is 393 g/mol. The lowest BCUT2D eigenvalue weighted by atomic mass is 10.1. The van der Waals surface area contributed by atoms with Crippen molar-refractivity contribution < 1.29 is 4.79 Å². The summed E-state index contributed by atoms with van der Waals surface area (Å²) >= 11 is 1.63. The highest BCUT2D eigenvalue weighted by Gasteiger charge is 2.20. The largest absolute Gasteiger partial charge is 0.358 e. The first-order valence-corrected chi connectivity index (χ1v) is 10.2. The molecule has 144 valence electrons. The molecule has 2 amide bonds. The van der Waals surface area contributed by atoms with Gasteiger partial charge in [-0.05, 0) is 56.2 Å². The molecule has 0 fully saturated rings. The molecule has 6 heteroatoms. The van der Waals surface area contributed by atoms with Crippen LogP contribution in [0, 0.1) is 13.8 Å². The lowest BCUT2D eigenvalue weighted by Crippen LogP contribution is -2.38. The highest BCUT2D eigenvalue weighted by atomic mass is 32.1. The van der Waals surface area contributed by atoms with Crippen LogP contribution in [0.4, 0.5) is 4.79 Å². The van der Waals surface area contributed by atoms with E-state index in [0.717, 1.165) is 26.3 Å². The molecule has 5 nitrogen and oxygen atoms in total. The Morgan fingerprint density at radius 3 is 2.82 bits per heavy atom. The zero-order valence-electron chi connectivity index (χ0n) is 16.5. The van der Waals surface area contributed by atoms with Crippen LogP contribution in [-0.2, 0) is 6.54 Å². The fourth-order valence-electron chi connectivity index (χ4n) is 3.33. The molecule has 0 radical (unpaired) electrons. The van der Waals surface area contributed by atoms with Crippen LogP contribution in [0.3, 0.4) is 0 Å². The van der Waals surface area contributed by atoms with Crippen molar-refractivity contribution in [3.05, 3.63) is 64.3 Å². The van der Waals surface area contributed by atoms with Gasteiger partial charge in [0.2, 0.25) is 0 Å². The summed E-state index contributed by atoms with van der Waals surface area (Å²) in [7, 11) is 1.81. The van der Waals surface area contributed by atoms with Crippen molar-refractivity contribution in [1.29, 1.82) is 0 Å². The average Bonchev–Trinajstić information content (AvgIpc) is 3.26. The summed E-state index contributed by atoms with van der Waals surface area (Å²) in [5.74, 6) is 0. The van der Waals surface area contributed by atoms with Gasteiger partial charge in [0.15, 0.2) is 0 Å². The summed E-state index contributed by atoms with van der Waals surface area (Å²) in [6.07, 6.45) is 0. The van der Waals surface area contributed by atoms with Crippen molar-refractivity contribution >= 4 is 38.5 Å². The maximum absolute atomic E-state index is 12.7. The van der Waals surface area contributed by atoms with Gasteiger partial charge in [0.25, 0.3) is 0 Å². The van der Waals surface area contributed by atoms with E-state index < -0.39 is 0 Å². The number of aryl methyl sites for hydroxylation is 2. The number of aromatic nitrogens is 2. The van der Waals surface area contributed by atoms with E-state index in [0.29, 0.717) is 6.54 Å². The molecular formula is C22H24N4OS. The van der Waals surface area contributed by atoms with Gasteiger partial charge >= 0.3 is 6.03 Å². The van der Waals surface area contributed by atoms with Gasteiger partial charge in [0.1, 0.15) is 5.01 Å². The first-order chi connectivity index (χ1) is 13.4. The van der Waals surface area contributed by atoms with E-state index in [2.05, 4.69) is 53.4 Å². The first kappa shape index (κ1) is 18.5. The van der Waals surface area contributed by atoms with E-state index >= 15 is 0 Å². The summed E-state index contributed by atoms with van der Waals surface area (Å²) in [4.78, 5) is 22.4. The van der Waals surface area contributed by atoms with E-state index in [1.54, 1.807) is 16.2 Å². The number of nitrogens with zero attached hydrogens (tertiary/aromatic N) is 2. The van der Waals surface area contributed by atoms with E-state index in [9.17, 15) is 4.79 Å². The number of rotatable bonds is 4. The summed E-state index contributed by atoms with van der Waals surface area (Å²) in [5, 5.41) is 5.18. The van der Waals surface area contributed by atoms with E-state index in [-0.39, 0.29) is 12.1 Å². The third-order valence-corrected chi connectivity index (χ3v) is 6.59. The molecule has 2 aromatic carbocycles. The molecule has 2 aromatic heterocycles. The molecule has 0 aliphatic heterocycles. The van der Waals surface area contributed by atoms with Gasteiger partial charge in [-0.1, -0.05) is 18.2 Å². The number of urea groups is 1. The molecule has 28 heavy (non-hydrogen) atoms. The lowest BCUT2D eigenvalue weighted by Gasteiger charge is -2.23. The summed E-state index contributed by atoms with van der Waals surface area (Å²) in [6, 6.07) is 14.1. The molecule has 0 aliphatic carbocycles. The second-order valence-corrected chi connectivity index (χ2v) is 8.28. The zero-order valence-corrected chi connectivity index (χ0v) is 17.4. The lowest BCUT2D eigenvalue weighted by molar-refractivity contribution is 0.194. The smallest absolute Gasteiger partial charge is 0.317 e. The Bertz CT molecular complexity index is 1130. The maximum atomic E-state index is 12.7. The Morgan fingerprint density at radius 1 is 1.25 bits per heavy atom. The number of carbonyl (C=O) groups excluding carboxylic acids is 1. The van der Waals surface area contributed by atoms with Crippen LogP contribution in [0.1, 0.15) is 34.8 Å². The predicted molar refractivity (Wildman–Crippen MR) is 116 cm³/mol. The minimum atomic E-state index is -0.103. The van der Waals surface area contributed by atoms with Gasteiger partial charge < -0.3 is 15.2 Å². The SMILES string of the molecule is Cc1[nH]c2ccc(CNC(=O)N(C)[C@H](C)c3nc4ccccc4s3)cc2c1C. The van der Waals surface area contributed by atoms with Crippen LogP contribution in [0.15, 0.2) is 42.5 Å². The second kappa shape index (κ2) is 7.28. The molecular weight excluding hydrogens is 368 g/mol. The molecule has 4 aromatic rings. The third kappa shape index (κ3) is 3.36. The summed E-state index contributed by atoms with van der Waals surface area (Å²) in [6.45, 7) is 6.70. The van der Waals surface area contributed by atoms with Gasteiger partial charge in [0, 0.05) is 30.2 Å². The number of nitrogens with one attached hydrogen (secondary N) is 2. The predicted octanol–water partition coefficient (Wildman–Crippen LogP) is 5.30. The van der Waals surface area contributed by atoms with Crippen molar-refractivity contribution in [2.24, 2.45) is 0 Å². The Hall–Kier alpha value is -2.86. The Kier molecular flexibility index (Phi) is 4.81. The topological polar surface area (TPSA) is 61.0 Å². The maximum Gasteiger partial charge on any atom is 0.317 e. The van der Waals surface area contributed by atoms with Crippen LogP contribution < -0.4 is 5.32 Å². The number of aromatic amines is 1. The summed E-state index contributed by atoms with van der Waals surface area (Å²) < 4.78 is 1.14. The Morgan fingerprint density at radius 2 is 2.04 bits per heavy atom. The van der Waals surface area contributed by atoms with Crippen molar-refractivity contribution in [1.82, 2.24) is 20.2 Å². The van der Waals surface area contributed by atoms with E-state index in [1.165, 1.54) is 16.6 Å². The molecule has 2 N–H and O–H groups in total. The number of amides is 2. The summed E-state index contributed by atoms with van der Waals surface area (Å²) in [5.41, 5.74) is 5.63. The molecule has 0 saturated carbocycles. The fraction of sp³-hybridized carbons (Fsp3) is 0.273. The molecule has 2 heterocycles. The molecule has 1 atom stereocenters. The number of benzene rings is 2. The molecule has 0 unspecified atom stereocenters. The van der Waals surface area contributed by atoms with Crippen molar-refractivity contribution in [2.75, 3.05) is 7.05 Å². The van der Waals surface area contributed by atoms with Crippen LogP contribution in [0.5, 0.6) is 0 Å². The highest BCUT2D eigenvalue weighted by molar-refractivity contribution is 7.18. The van der Waals surface area contributed by atoms with Crippen molar-refractivity contribution in [3.63, 3.8) is 0 Å². The Labute approximate surface area is 168 Å². The van der Waals surface area contributed by atoms with Gasteiger partial charge in [-0.15, -0.1) is 11.3 Å². The van der Waals surface area contributed by atoms with Gasteiger partial charge in [-0.2, -0.15) is 0 Å². The zero-order chi connectivity index (χ0) is 19.8. The van der Waals surface area contributed by atoms with Gasteiger partial charge in [-0.3, -0.25) is 0 Å². The number of H-pyrrole nitrogens is 1. The fourth-order valence-corrected chi connectivity index (χ4v) is 4.39. The third-order valence-electron chi connectivity index (χ3n) is 5.39. The van der Waals surface area contributed by atoms with Crippen molar-refractivity contribution in [3.8, 4) is 0 Å². The van der Waals surface area contributed by atoms with Crippen LogP contribution in [-0.4, -0.2) is 27.9 Å². The monoisotopic (exact) mass is 392 g/mol.